The zero-order valence-electron chi connectivity index (χ0n) is 12.9. The van der Waals surface area contributed by atoms with Crippen LogP contribution in [0.15, 0.2) is 23.2 Å². The van der Waals surface area contributed by atoms with Crippen LogP contribution in [0, 0.1) is 0 Å². The highest BCUT2D eigenvalue weighted by Gasteiger charge is 2.23. The predicted molar refractivity (Wildman–Crippen MR) is 84.2 cm³/mol. The van der Waals surface area contributed by atoms with E-state index in [0.717, 1.165) is 25.7 Å². The topological polar surface area (TPSA) is 91.4 Å². The first-order valence-electron chi connectivity index (χ1n) is 7.32. The van der Waals surface area contributed by atoms with Crippen molar-refractivity contribution in [2.45, 2.75) is 36.6 Å². The monoisotopic (exact) mass is 326 g/mol. The number of pyridine rings is 1. The molecule has 0 unspecified atom stereocenters. The number of carbonyl (C=O) groups is 1. The Labute approximate surface area is 131 Å². The Bertz CT molecular complexity index is 609. The quantitative estimate of drug-likeness (QED) is 0.793. The molecule has 1 aliphatic carbocycles. The maximum absolute atomic E-state index is 12.3. The van der Waals surface area contributed by atoms with E-state index in [-0.39, 0.29) is 23.4 Å². The molecule has 1 heterocycles. The van der Waals surface area contributed by atoms with Gasteiger partial charge in [0.15, 0.2) is 0 Å². The summed E-state index contributed by atoms with van der Waals surface area (Å²) in [5.41, 5.74) is 0. The molecule has 7 nitrogen and oxygen atoms in total. The lowest BCUT2D eigenvalue weighted by molar-refractivity contribution is -0.119. The third-order valence-electron chi connectivity index (χ3n) is 3.76. The minimum absolute atomic E-state index is 0.0283. The van der Waals surface area contributed by atoms with Crippen LogP contribution in [-0.4, -0.2) is 46.0 Å². The average Bonchev–Trinajstić information content (AvgIpc) is 2.99. The van der Waals surface area contributed by atoms with Gasteiger partial charge in [-0.3, -0.25) is 4.79 Å². The van der Waals surface area contributed by atoms with Gasteiger partial charge in [-0.05, 0) is 25.0 Å². The van der Waals surface area contributed by atoms with Gasteiger partial charge in [0.1, 0.15) is 10.7 Å². The fraction of sp³-hybridized carbons (Fsp3) is 0.571. The minimum Gasteiger partial charge on any atom is -0.358 e. The van der Waals surface area contributed by atoms with Crippen molar-refractivity contribution < 1.29 is 13.2 Å². The number of nitrogens with zero attached hydrogens (tertiary/aromatic N) is 2. The van der Waals surface area contributed by atoms with E-state index >= 15 is 0 Å². The molecule has 22 heavy (non-hydrogen) atoms. The number of nitrogens with one attached hydrogen (secondary N) is 2. The summed E-state index contributed by atoms with van der Waals surface area (Å²) in [6, 6.07) is 3.15. The highest BCUT2D eigenvalue weighted by Crippen LogP contribution is 2.20. The van der Waals surface area contributed by atoms with Crippen LogP contribution >= 0.6 is 0 Å². The molecule has 1 aromatic rings. The van der Waals surface area contributed by atoms with Gasteiger partial charge >= 0.3 is 0 Å². The number of rotatable bonds is 6. The van der Waals surface area contributed by atoms with E-state index in [2.05, 4.69) is 15.0 Å². The Morgan fingerprint density at radius 2 is 2.05 bits per heavy atom. The molecule has 1 saturated carbocycles. The summed E-state index contributed by atoms with van der Waals surface area (Å²) in [5.74, 6) is 0.410. The van der Waals surface area contributed by atoms with Gasteiger partial charge in [-0.15, -0.1) is 0 Å². The maximum atomic E-state index is 12.3. The molecular formula is C14H22N4O3S. The molecule has 0 radical (unpaired) electrons. The lowest BCUT2D eigenvalue weighted by atomic mass is 10.3. The third kappa shape index (κ3) is 4.17. The molecule has 0 aromatic carbocycles. The van der Waals surface area contributed by atoms with Crippen molar-refractivity contribution in [2.24, 2.45) is 0 Å². The number of likely N-dealkylation sites (N-methyl/N-ethyl adjacent to an activating group) is 2. The summed E-state index contributed by atoms with van der Waals surface area (Å²) in [4.78, 5) is 17.3. The second-order valence-corrected chi connectivity index (χ2v) is 7.20. The van der Waals surface area contributed by atoms with E-state index in [1.165, 1.54) is 12.3 Å². The van der Waals surface area contributed by atoms with Crippen molar-refractivity contribution in [2.75, 3.05) is 25.5 Å². The standard InChI is InChI=1S/C14H22N4O3S/c1-15-14(19)10-18(2)13-8-7-12(9-16-13)22(20,21)17-11-5-3-4-6-11/h7-9,11,17H,3-6,10H2,1-2H3,(H,15,19). The molecule has 0 spiro atoms. The molecule has 1 amide bonds. The van der Waals surface area contributed by atoms with Gasteiger partial charge in [0.05, 0.1) is 6.54 Å². The molecular weight excluding hydrogens is 304 g/mol. The Kier molecular flexibility index (Phi) is 5.36. The van der Waals surface area contributed by atoms with Crippen molar-refractivity contribution in [3.63, 3.8) is 0 Å². The summed E-state index contributed by atoms with van der Waals surface area (Å²) in [7, 11) is -0.236. The van der Waals surface area contributed by atoms with E-state index in [4.69, 9.17) is 0 Å². The van der Waals surface area contributed by atoms with Crippen molar-refractivity contribution in [3.8, 4) is 0 Å². The van der Waals surface area contributed by atoms with Gasteiger partial charge in [-0.25, -0.2) is 18.1 Å². The second-order valence-electron chi connectivity index (χ2n) is 5.48. The molecule has 1 aliphatic rings. The fourth-order valence-electron chi connectivity index (χ4n) is 2.46. The van der Waals surface area contributed by atoms with Crippen LogP contribution in [0.4, 0.5) is 5.82 Å². The normalized spacial score (nSPS) is 15.7. The fourth-order valence-corrected chi connectivity index (χ4v) is 3.71. The molecule has 2 N–H and O–H groups in total. The Morgan fingerprint density at radius 1 is 1.36 bits per heavy atom. The first-order valence-corrected chi connectivity index (χ1v) is 8.81. The first kappa shape index (κ1) is 16.7. The van der Waals surface area contributed by atoms with Gasteiger partial charge in [0.2, 0.25) is 15.9 Å². The summed E-state index contributed by atoms with van der Waals surface area (Å²) >= 11 is 0. The molecule has 8 heteroatoms. The molecule has 2 rings (SSSR count). The molecule has 0 aliphatic heterocycles. The van der Waals surface area contributed by atoms with Gasteiger partial charge in [0.25, 0.3) is 0 Å². The van der Waals surface area contributed by atoms with Crippen LogP contribution < -0.4 is 14.9 Å². The maximum Gasteiger partial charge on any atom is 0.242 e. The molecule has 122 valence electrons. The summed E-state index contributed by atoms with van der Waals surface area (Å²) in [6.45, 7) is 0.163. The van der Waals surface area contributed by atoms with E-state index in [9.17, 15) is 13.2 Å². The number of sulfonamides is 1. The molecule has 1 fully saturated rings. The van der Waals surface area contributed by atoms with Crippen LogP contribution in [0.5, 0.6) is 0 Å². The lowest BCUT2D eigenvalue weighted by Crippen LogP contribution is -2.34. The van der Waals surface area contributed by atoms with Crippen LogP contribution in [0.2, 0.25) is 0 Å². The van der Waals surface area contributed by atoms with Gasteiger partial charge < -0.3 is 10.2 Å². The van der Waals surface area contributed by atoms with Crippen LogP contribution in [0.3, 0.4) is 0 Å². The SMILES string of the molecule is CNC(=O)CN(C)c1ccc(S(=O)(=O)NC2CCCC2)cn1. The third-order valence-corrected chi connectivity index (χ3v) is 5.26. The largest absolute Gasteiger partial charge is 0.358 e. The molecule has 0 bridgehead atoms. The van der Waals surface area contributed by atoms with Crippen molar-refractivity contribution in [1.29, 1.82) is 0 Å². The second kappa shape index (κ2) is 7.06. The lowest BCUT2D eigenvalue weighted by Gasteiger charge is -2.17. The minimum atomic E-state index is -3.52. The zero-order chi connectivity index (χ0) is 16.2. The van der Waals surface area contributed by atoms with E-state index in [0.29, 0.717) is 5.82 Å². The predicted octanol–water partition coefficient (Wildman–Crippen LogP) is 0.485. The van der Waals surface area contributed by atoms with E-state index < -0.39 is 10.0 Å². The van der Waals surface area contributed by atoms with Crippen LogP contribution in [-0.2, 0) is 14.8 Å². The van der Waals surface area contributed by atoms with Gasteiger partial charge in [0, 0.05) is 26.3 Å². The van der Waals surface area contributed by atoms with E-state index in [1.54, 1.807) is 25.1 Å². The Hall–Kier alpha value is -1.67. The smallest absolute Gasteiger partial charge is 0.242 e. The number of aromatic nitrogens is 1. The molecule has 0 saturated heterocycles. The number of anilines is 1. The average molecular weight is 326 g/mol. The highest BCUT2D eigenvalue weighted by atomic mass is 32.2. The first-order chi connectivity index (χ1) is 10.4. The Balaban J connectivity index is 2.05. The number of hydrogen-bond acceptors (Lipinski definition) is 5. The number of hydrogen-bond donors (Lipinski definition) is 2. The molecule has 1 aromatic heterocycles. The molecule has 0 atom stereocenters. The van der Waals surface area contributed by atoms with Gasteiger partial charge in [-0.1, -0.05) is 12.8 Å². The van der Waals surface area contributed by atoms with Crippen LogP contribution in [0.1, 0.15) is 25.7 Å². The van der Waals surface area contributed by atoms with E-state index in [1.807, 2.05) is 0 Å². The number of carbonyl (C=O) groups excluding carboxylic acids is 1. The van der Waals surface area contributed by atoms with Crippen molar-refractivity contribution in [1.82, 2.24) is 15.0 Å². The van der Waals surface area contributed by atoms with Crippen molar-refractivity contribution >= 4 is 21.7 Å². The summed E-state index contributed by atoms with van der Waals surface area (Å²) in [5, 5.41) is 2.53. The number of amides is 1. The zero-order valence-corrected chi connectivity index (χ0v) is 13.7. The highest BCUT2D eigenvalue weighted by molar-refractivity contribution is 7.89. The van der Waals surface area contributed by atoms with Gasteiger partial charge in [-0.2, -0.15) is 0 Å². The summed E-state index contributed by atoms with van der Waals surface area (Å²) < 4.78 is 27.2. The Morgan fingerprint density at radius 3 is 2.59 bits per heavy atom. The van der Waals surface area contributed by atoms with Crippen molar-refractivity contribution in [3.05, 3.63) is 18.3 Å². The summed E-state index contributed by atoms with van der Waals surface area (Å²) in [6.07, 6.45) is 5.23. The van der Waals surface area contributed by atoms with Crippen LogP contribution in [0.25, 0.3) is 0 Å².